The van der Waals surface area contributed by atoms with E-state index >= 15 is 0 Å². The topological polar surface area (TPSA) is 52.2 Å². The molecule has 3 heterocycles. The average Bonchev–Trinajstić information content (AvgIpc) is 3.09. The van der Waals surface area contributed by atoms with Crippen LogP contribution in [0.15, 0.2) is 65.7 Å². The second-order valence-electron chi connectivity index (χ2n) is 6.66. The van der Waals surface area contributed by atoms with Crippen LogP contribution in [0.1, 0.15) is 29.8 Å². The molecule has 1 aromatic carbocycles. The lowest BCUT2D eigenvalue weighted by molar-refractivity contribution is 0.798. The third-order valence-electron chi connectivity index (χ3n) is 4.81. The van der Waals surface area contributed by atoms with Crippen molar-refractivity contribution < 1.29 is 0 Å². The number of benzene rings is 1. The Labute approximate surface area is 151 Å². The molecule has 0 aliphatic rings. The van der Waals surface area contributed by atoms with E-state index in [0.717, 1.165) is 28.2 Å². The third kappa shape index (κ3) is 2.71. The molecule has 0 amide bonds. The van der Waals surface area contributed by atoms with Crippen molar-refractivity contribution in [3.8, 4) is 11.1 Å². The van der Waals surface area contributed by atoms with Crippen LogP contribution in [-0.2, 0) is 7.05 Å². The summed E-state index contributed by atoms with van der Waals surface area (Å²) >= 11 is 0. The van der Waals surface area contributed by atoms with Crippen molar-refractivity contribution in [1.29, 1.82) is 0 Å². The van der Waals surface area contributed by atoms with Crippen LogP contribution in [0.25, 0.3) is 16.8 Å². The van der Waals surface area contributed by atoms with Crippen LogP contribution < -0.4 is 5.56 Å². The molecule has 26 heavy (non-hydrogen) atoms. The van der Waals surface area contributed by atoms with Crippen LogP contribution in [0.4, 0.5) is 0 Å². The quantitative estimate of drug-likeness (QED) is 0.571. The highest BCUT2D eigenvalue weighted by Gasteiger charge is 2.16. The first-order chi connectivity index (χ1) is 12.5. The fourth-order valence-electron chi connectivity index (χ4n) is 3.30. The van der Waals surface area contributed by atoms with E-state index in [0.29, 0.717) is 0 Å². The number of rotatable bonds is 3. The van der Waals surface area contributed by atoms with Gasteiger partial charge in [0.25, 0.3) is 5.56 Å². The molecule has 0 radical (unpaired) electrons. The molecule has 4 rings (SSSR count). The number of aromatic nitrogens is 4. The zero-order valence-corrected chi connectivity index (χ0v) is 15.0. The summed E-state index contributed by atoms with van der Waals surface area (Å²) in [6.45, 7) is 3.97. The van der Waals surface area contributed by atoms with Gasteiger partial charge in [0, 0.05) is 30.9 Å². The van der Waals surface area contributed by atoms with Gasteiger partial charge in [-0.05, 0) is 41.8 Å². The fourth-order valence-corrected chi connectivity index (χ4v) is 3.30. The molecular weight excluding hydrogens is 324 g/mol. The van der Waals surface area contributed by atoms with E-state index in [1.807, 2.05) is 60.1 Å². The summed E-state index contributed by atoms with van der Waals surface area (Å²) in [6, 6.07) is 16.2. The van der Waals surface area contributed by atoms with Crippen molar-refractivity contribution in [2.24, 2.45) is 7.05 Å². The van der Waals surface area contributed by atoms with Gasteiger partial charge in [-0.3, -0.25) is 9.20 Å². The molecule has 5 nitrogen and oxygen atoms in total. The summed E-state index contributed by atoms with van der Waals surface area (Å²) in [5, 5.41) is 8.72. The number of pyridine rings is 2. The van der Waals surface area contributed by atoms with Gasteiger partial charge in [0.05, 0.1) is 0 Å². The smallest absolute Gasteiger partial charge is 0.253 e. The molecular formula is C21H20N4O. The van der Waals surface area contributed by atoms with Gasteiger partial charge in [-0.25, -0.2) is 0 Å². The fraction of sp³-hybridized carbons (Fsp3) is 0.190. The van der Waals surface area contributed by atoms with Crippen molar-refractivity contribution in [1.82, 2.24) is 19.2 Å². The Morgan fingerprint density at radius 3 is 2.46 bits per heavy atom. The lowest BCUT2D eigenvalue weighted by atomic mass is 10.0. The van der Waals surface area contributed by atoms with E-state index in [2.05, 4.69) is 29.3 Å². The summed E-state index contributed by atoms with van der Waals surface area (Å²) in [5.41, 5.74) is 4.79. The molecule has 0 fully saturated rings. The van der Waals surface area contributed by atoms with Crippen molar-refractivity contribution in [2.75, 3.05) is 0 Å². The maximum Gasteiger partial charge on any atom is 0.253 e. The summed E-state index contributed by atoms with van der Waals surface area (Å²) in [4.78, 5) is 12.0. The first-order valence-electron chi connectivity index (χ1n) is 8.62. The van der Waals surface area contributed by atoms with Crippen molar-refractivity contribution in [3.05, 3.63) is 88.2 Å². The van der Waals surface area contributed by atoms with E-state index in [9.17, 15) is 4.79 Å². The minimum atomic E-state index is 0.0255. The molecule has 130 valence electrons. The number of hydrogen-bond acceptors (Lipinski definition) is 3. The Kier molecular flexibility index (Phi) is 3.92. The lowest BCUT2D eigenvalue weighted by Gasteiger charge is -2.11. The van der Waals surface area contributed by atoms with Crippen molar-refractivity contribution in [2.45, 2.75) is 19.8 Å². The first-order valence-corrected chi connectivity index (χ1v) is 8.62. The van der Waals surface area contributed by atoms with Gasteiger partial charge in [-0.1, -0.05) is 37.3 Å². The average molecular weight is 344 g/mol. The minimum absolute atomic E-state index is 0.0255. The van der Waals surface area contributed by atoms with Gasteiger partial charge in [-0.15, -0.1) is 10.2 Å². The van der Waals surface area contributed by atoms with E-state index in [1.165, 1.54) is 5.56 Å². The van der Waals surface area contributed by atoms with Gasteiger partial charge in [0.15, 0.2) is 5.65 Å². The highest BCUT2D eigenvalue weighted by molar-refractivity contribution is 5.64. The molecule has 0 aliphatic carbocycles. The number of nitrogens with zero attached hydrogens (tertiary/aromatic N) is 4. The second kappa shape index (κ2) is 6.26. The predicted molar refractivity (Wildman–Crippen MR) is 102 cm³/mol. The summed E-state index contributed by atoms with van der Waals surface area (Å²) < 4.78 is 3.65. The van der Waals surface area contributed by atoms with E-state index in [1.54, 1.807) is 11.6 Å². The molecule has 4 aromatic rings. The van der Waals surface area contributed by atoms with Gasteiger partial charge < -0.3 is 4.57 Å². The molecule has 0 spiro atoms. The van der Waals surface area contributed by atoms with Crippen molar-refractivity contribution in [3.63, 3.8) is 0 Å². The molecule has 0 saturated carbocycles. The molecule has 1 unspecified atom stereocenters. The maximum absolute atomic E-state index is 12.0. The second-order valence-corrected chi connectivity index (χ2v) is 6.66. The molecule has 3 aromatic heterocycles. The SMILES string of the molecule is Cc1cc(-c2ccc3nnc(C(C)c4ccccc4)n3c2)cn(C)c1=O. The largest absolute Gasteiger partial charge is 0.318 e. The highest BCUT2D eigenvalue weighted by Crippen LogP contribution is 2.25. The van der Waals surface area contributed by atoms with E-state index in [-0.39, 0.29) is 11.5 Å². The molecule has 0 aliphatic heterocycles. The summed E-state index contributed by atoms with van der Waals surface area (Å²) in [6.07, 6.45) is 3.91. The normalized spacial score (nSPS) is 12.4. The van der Waals surface area contributed by atoms with Gasteiger partial charge >= 0.3 is 0 Å². The van der Waals surface area contributed by atoms with Crippen LogP contribution in [0.2, 0.25) is 0 Å². The van der Waals surface area contributed by atoms with Gasteiger partial charge in [-0.2, -0.15) is 0 Å². The van der Waals surface area contributed by atoms with Crippen LogP contribution in [0, 0.1) is 6.92 Å². The van der Waals surface area contributed by atoms with Crippen LogP contribution in [0.3, 0.4) is 0 Å². The Morgan fingerprint density at radius 1 is 0.962 bits per heavy atom. The van der Waals surface area contributed by atoms with Crippen LogP contribution in [-0.4, -0.2) is 19.2 Å². The summed E-state index contributed by atoms with van der Waals surface area (Å²) in [5.74, 6) is 1.03. The molecule has 0 N–H and O–H groups in total. The van der Waals surface area contributed by atoms with E-state index in [4.69, 9.17) is 0 Å². The third-order valence-corrected chi connectivity index (χ3v) is 4.81. The van der Waals surface area contributed by atoms with Crippen molar-refractivity contribution >= 4 is 5.65 Å². The first kappa shape index (κ1) is 16.3. The highest BCUT2D eigenvalue weighted by atomic mass is 16.1. The minimum Gasteiger partial charge on any atom is -0.318 e. The Bertz CT molecular complexity index is 1120. The van der Waals surface area contributed by atoms with E-state index < -0.39 is 0 Å². The number of fused-ring (bicyclic) bond motifs is 1. The van der Waals surface area contributed by atoms with Crippen LogP contribution in [0.5, 0.6) is 0 Å². The Balaban J connectivity index is 1.84. The molecule has 5 heteroatoms. The lowest BCUT2D eigenvalue weighted by Crippen LogP contribution is -2.18. The predicted octanol–water partition coefficient (Wildman–Crippen LogP) is 3.56. The zero-order chi connectivity index (χ0) is 18.3. The van der Waals surface area contributed by atoms with Crippen LogP contribution >= 0.6 is 0 Å². The standard InChI is InChI=1S/C21H20N4O/c1-14-11-18(12-24(3)21(14)26)17-9-10-19-22-23-20(25(19)13-17)15(2)16-7-5-4-6-8-16/h4-13,15H,1-3H3. The molecule has 0 saturated heterocycles. The zero-order valence-electron chi connectivity index (χ0n) is 15.0. The Hall–Kier alpha value is -3.21. The molecule has 0 bridgehead atoms. The summed E-state index contributed by atoms with van der Waals surface area (Å²) in [7, 11) is 1.78. The number of aryl methyl sites for hydroxylation is 2. The number of hydrogen-bond donors (Lipinski definition) is 0. The monoisotopic (exact) mass is 344 g/mol. The Morgan fingerprint density at radius 2 is 1.73 bits per heavy atom. The van der Waals surface area contributed by atoms with Gasteiger partial charge in [0.1, 0.15) is 5.82 Å². The molecule has 1 atom stereocenters. The van der Waals surface area contributed by atoms with Gasteiger partial charge in [0.2, 0.25) is 0 Å². The maximum atomic E-state index is 12.0.